The van der Waals surface area contributed by atoms with Crippen LogP contribution in [-0.2, 0) is 6.54 Å². The predicted octanol–water partition coefficient (Wildman–Crippen LogP) is 4.03. The molecule has 1 atom stereocenters. The van der Waals surface area contributed by atoms with Gasteiger partial charge in [0.05, 0.1) is 0 Å². The molecule has 1 heterocycles. The van der Waals surface area contributed by atoms with Gasteiger partial charge >= 0.3 is 0 Å². The summed E-state index contributed by atoms with van der Waals surface area (Å²) < 4.78 is 0. The molecule has 21 heavy (non-hydrogen) atoms. The lowest BCUT2D eigenvalue weighted by atomic mass is 9.98. The monoisotopic (exact) mass is 280 g/mol. The summed E-state index contributed by atoms with van der Waals surface area (Å²) in [5, 5.41) is 3.51. The molecule has 0 fully saturated rings. The van der Waals surface area contributed by atoms with Gasteiger partial charge in [-0.15, -0.1) is 0 Å². The van der Waals surface area contributed by atoms with Gasteiger partial charge in [-0.05, 0) is 44.1 Å². The van der Waals surface area contributed by atoms with Gasteiger partial charge in [0.25, 0.3) is 0 Å². The van der Waals surface area contributed by atoms with Gasteiger partial charge in [-0.2, -0.15) is 0 Å². The second-order valence-electron chi connectivity index (χ2n) is 6.18. The van der Waals surface area contributed by atoms with Crippen LogP contribution in [0, 0.1) is 6.92 Å². The number of aryl methyl sites for hydroxylation is 1. The molecule has 1 aliphatic heterocycles. The van der Waals surface area contributed by atoms with E-state index in [0.717, 1.165) is 19.6 Å². The normalized spacial score (nSPS) is 16.8. The molecule has 2 aromatic rings. The number of hydrogen-bond donors (Lipinski definition) is 1. The first-order valence-corrected chi connectivity index (χ1v) is 7.79. The third-order valence-electron chi connectivity index (χ3n) is 4.37. The third-order valence-corrected chi connectivity index (χ3v) is 4.37. The van der Waals surface area contributed by atoms with Crippen molar-refractivity contribution >= 4 is 5.69 Å². The van der Waals surface area contributed by atoms with Crippen molar-refractivity contribution in [3.05, 3.63) is 65.2 Å². The lowest BCUT2D eigenvalue weighted by Gasteiger charge is -2.19. The first-order chi connectivity index (χ1) is 10.2. The molecular weight excluding hydrogens is 256 g/mol. The highest BCUT2D eigenvalue weighted by atomic mass is 15.1. The van der Waals surface area contributed by atoms with Crippen LogP contribution in [0.1, 0.15) is 29.0 Å². The number of rotatable bonds is 5. The minimum Gasteiger partial charge on any atom is -0.384 e. The highest BCUT2D eigenvalue weighted by molar-refractivity contribution is 5.57. The molecule has 0 spiro atoms. The second-order valence-corrected chi connectivity index (χ2v) is 6.18. The average molecular weight is 280 g/mol. The molecule has 2 nitrogen and oxygen atoms in total. The van der Waals surface area contributed by atoms with Crippen LogP contribution in [0.25, 0.3) is 0 Å². The van der Waals surface area contributed by atoms with Gasteiger partial charge < -0.3 is 10.2 Å². The topological polar surface area (TPSA) is 15.3 Å². The predicted molar refractivity (Wildman–Crippen MR) is 89.8 cm³/mol. The van der Waals surface area contributed by atoms with E-state index in [0.29, 0.717) is 5.92 Å². The zero-order valence-electron chi connectivity index (χ0n) is 13.0. The van der Waals surface area contributed by atoms with Gasteiger partial charge in [-0.3, -0.25) is 0 Å². The summed E-state index contributed by atoms with van der Waals surface area (Å²) in [5.74, 6) is 0.654. The number of anilines is 1. The Morgan fingerprint density at radius 1 is 1.10 bits per heavy atom. The van der Waals surface area contributed by atoms with E-state index in [1.165, 1.54) is 28.8 Å². The fourth-order valence-corrected chi connectivity index (χ4v) is 3.08. The lowest BCUT2D eigenvalue weighted by Crippen LogP contribution is -2.21. The standard InChI is InChI=1S/C19H24N2/c1-15-7-9-16(10-8-15)14-21(2)12-11-17-13-20-19-6-4-3-5-18(17)19/h3-10,17,20H,11-14H2,1-2H3. The molecule has 1 N–H and O–H groups in total. The summed E-state index contributed by atoms with van der Waals surface area (Å²) in [5.41, 5.74) is 5.54. The average Bonchev–Trinajstić information content (AvgIpc) is 2.91. The Balaban J connectivity index is 1.52. The molecule has 2 aromatic carbocycles. The van der Waals surface area contributed by atoms with Crippen LogP contribution in [-0.4, -0.2) is 25.0 Å². The minimum absolute atomic E-state index is 0.654. The molecule has 0 amide bonds. The summed E-state index contributed by atoms with van der Waals surface area (Å²) in [4.78, 5) is 2.42. The Hall–Kier alpha value is -1.80. The zero-order valence-corrected chi connectivity index (χ0v) is 13.0. The molecule has 0 aliphatic carbocycles. The van der Waals surface area contributed by atoms with Crippen molar-refractivity contribution < 1.29 is 0 Å². The fraction of sp³-hybridized carbons (Fsp3) is 0.368. The van der Waals surface area contributed by atoms with Crippen molar-refractivity contribution in [2.75, 3.05) is 25.5 Å². The van der Waals surface area contributed by atoms with E-state index in [4.69, 9.17) is 0 Å². The van der Waals surface area contributed by atoms with Crippen LogP contribution in [0.15, 0.2) is 48.5 Å². The van der Waals surface area contributed by atoms with Crippen molar-refractivity contribution in [2.45, 2.75) is 25.8 Å². The number of para-hydroxylation sites is 1. The molecule has 0 saturated carbocycles. The van der Waals surface area contributed by atoms with Crippen LogP contribution in [0.4, 0.5) is 5.69 Å². The first-order valence-electron chi connectivity index (χ1n) is 7.79. The molecule has 1 aliphatic rings. The molecule has 0 bridgehead atoms. The van der Waals surface area contributed by atoms with Gasteiger partial charge in [0.1, 0.15) is 0 Å². The molecule has 0 radical (unpaired) electrons. The molecule has 0 saturated heterocycles. The Labute approximate surface area is 127 Å². The van der Waals surface area contributed by atoms with E-state index < -0.39 is 0 Å². The maximum Gasteiger partial charge on any atom is 0.0376 e. The molecule has 1 unspecified atom stereocenters. The van der Waals surface area contributed by atoms with Gasteiger partial charge in [-0.25, -0.2) is 0 Å². The summed E-state index contributed by atoms with van der Waals surface area (Å²) in [7, 11) is 2.22. The van der Waals surface area contributed by atoms with Gasteiger partial charge in [0, 0.05) is 24.7 Å². The quantitative estimate of drug-likeness (QED) is 0.889. The molecular formula is C19H24N2. The van der Waals surface area contributed by atoms with Gasteiger partial charge in [0.2, 0.25) is 0 Å². The maximum absolute atomic E-state index is 3.51. The largest absolute Gasteiger partial charge is 0.384 e. The Kier molecular flexibility index (Phi) is 4.26. The van der Waals surface area contributed by atoms with Crippen LogP contribution < -0.4 is 5.32 Å². The van der Waals surface area contributed by atoms with Crippen molar-refractivity contribution in [3.63, 3.8) is 0 Å². The van der Waals surface area contributed by atoms with E-state index in [1.807, 2.05) is 0 Å². The number of fused-ring (bicyclic) bond motifs is 1. The highest BCUT2D eigenvalue weighted by Crippen LogP contribution is 2.33. The molecule has 2 heteroatoms. The van der Waals surface area contributed by atoms with Crippen molar-refractivity contribution in [1.82, 2.24) is 4.90 Å². The van der Waals surface area contributed by atoms with Crippen LogP contribution in [0.2, 0.25) is 0 Å². The van der Waals surface area contributed by atoms with Crippen molar-refractivity contribution in [3.8, 4) is 0 Å². The third kappa shape index (κ3) is 3.45. The van der Waals surface area contributed by atoms with E-state index in [9.17, 15) is 0 Å². The van der Waals surface area contributed by atoms with Crippen LogP contribution in [0.3, 0.4) is 0 Å². The van der Waals surface area contributed by atoms with Gasteiger partial charge in [-0.1, -0.05) is 48.0 Å². The van der Waals surface area contributed by atoms with Crippen LogP contribution >= 0.6 is 0 Å². The zero-order chi connectivity index (χ0) is 14.7. The second kappa shape index (κ2) is 6.31. The van der Waals surface area contributed by atoms with Crippen LogP contribution in [0.5, 0.6) is 0 Å². The Morgan fingerprint density at radius 3 is 2.67 bits per heavy atom. The Bertz CT molecular complexity index is 589. The summed E-state index contributed by atoms with van der Waals surface area (Å²) in [6.45, 7) is 5.38. The van der Waals surface area contributed by atoms with Crippen molar-refractivity contribution in [1.29, 1.82) is 0 Å². The molecule has 0 aromatic heterocycles. The van der Waals surface area contributed by atoms with Gasteiger partial charge in [0.15, 0.2) is 0 Å². The summed E-state index contributed by atoms with van der Waals surface area (Å²) >= 11 is 0. The Morgan fingerprint density at radius 2 is 1.86 bits per heavy atom. The first kappa shape index (κ1) is 14.2. The van der Waals surface area contributed by atoms with E-state index in [-0.39, 0.29) is 0 Å². The summed E-state index contributed by atoms with van der Waals surface area (Å²) in [6, 6.07) is 17.6. The highest BCUT2D eigenvalue weighted by Gasteiger charge is 2.21. The number of nitrogens with one attached hydrogen (secondary N) is 1. The number of benzene rings is 2. The fourth-order valence-electron chi connectivity index (χ4n) is 3.08. The maximum atomic E-state index is 3.51. The minimum atomic E-state index is 0.654. The molecule has 3 rings (SSSR count). The number of hydrogen-bond acceptors (Lipinski definition) is 2. The lowest BCUT2D eigenvalue weighted by molar-refractivity contribution is 0.313. The van der Waals surface area contributed by atoms with Crippen molar-refractivity contribution in [2.24, 2.45) is 0 Å². The van der Waals surface area contributed by atoms with E-state index >= 15 is 0 Å². The smallest absolute Gasteiger partial charge is 0.0376 e. The van der Waals surface area contributed by atoms with E-state index in [1.54, 1.807) is 0 Å². The molecule has 110 valence electrons. The number of nitrogens with zero attached hydrogens (tertiary/aromatic N) is 1. The van der Waals surface area contributed by atoms with E-state index in [2.05, 4.69) is 72.7 Å². The summed E-state index contributed by atoms with van der Waals surface area (Å²) in [6.07, 6.45) is 1.21. The SMILES string of the molecule is Cc1ccc(CN(C)CCC2CNc3ccccc32)cc1.